The maximum Gasteiger partial charge on any atom is 0.180 e. The first kappa shape index (κ1) is 11.7. The Balaban J connectivity index is 2.24. The van der Waals surface area contributed by atoms with Gasteiger partial charge in [0, 0.05) is 12.4 Å². The molecule has 5 nitrogen and oxygen atoms in total. The maximum atomic E-state index is 9.25. The molecule has 0 fully saturated rings. The van der Waals surface area contributed by atoms with E-state index in [4.69, 9.17) is 0 Å². The first-order valence-corrected chi connectivity index (χ1v) is 5.66. The fourth-order valence-corrected chi connectivity index (χ4v) is 1.55. The Hall–Kier alpha value is -1.75. The number of nitrogens with zero attached hydrogens (tertiary/aromatic N) is 3. The molecule has 2 rings (SSSR count). The molecule has 2 aromatic rings. The zero-order chi connectivity index (χ0) is 12.3. The molecule has 0 amide bonds. The van der Waals surface area contributed by atoms with Crippen molar-refractivity contribution in [3.8, 4) is 0 Å². The Kier molecular flexibility index (Phi) is 3.49. The highest BCUT2D eigenvalue weighted by atomic mass is 16.3. The van der Waals surface area contributed by atoms with Gasteiger partial charge in [-0.2, -0.15) is 0 Å². The summed E-state index contributed by atoms with van der Waals surface area (Å²) in [5, 5.41) is 12.4. The summed E-state index contributed by atoms with van der Waals surface area (Å²) in [5.41, 5.74) is 1.38. The number of rotatable bonds is 4. The second kappa shape index (κ2) is 5.05. The first-order valence-electron chi connectivity index (χ1n) is 5.66. The van der Waals surface area contributed by atoms with E-state index in [1.807, 2.05) is 12.1 Å². The van der Waals surface area contributed by atoms with Gasteiger partial charge >= 0.3 is 0 Å². The minimum absolute atomic E-state index is 0.00313. The summed E-state index contributed by atoms with van der Waals surface area (Å²) in [6, 6.07) is 3.71. The van der Waals surface area contributed by atoms with Gasteiger partial charge in [-0.1, -0.05) is 13.8 Å². The number of pyridine rings is 1. The normalized spacial score (nSPS) is 12.9. The summed E-state index contributed by atoms with van der Waals surface area (Å²) in [4.78, 5) is 12.6. The van der Waals surface area contributed by atoms with Crippen LogP contribution in [-0.2, 0) is 0 Å². The van der Waals surface area contributed by atoms with Crippen molar-refractivity contribution in [3.05, 3.63) is 24.5 Å². The molecule has 0 aliphatic carbocycles. The van der Waals surface area contributed by atoms with E-state index in [9.17, 15) is 5.11 Å². The molecule has 0 bridgehead atoms. The predicted octanol–water partition coefficient (Wildman–Crippen LogP) is 1.45. The van der Waals surface area contributed by atoms with E-state index >= 15 is 0 Å². The SMILES string of the molecule is CC(C)[C@@H](CO)Nc1ccc2nccnc2n1. The zero-order valence-corrected chi connectivity index (χ0v) is 9.96. The number of aliphatic hydroxyl groups excluding tert-OH is 1. The minimum Gasteiger partial charge on any atom is -0.394 e. The molecular formula is C12H16N4O. The zero-order valence-electron chi connectivity index (χ0n) is 9.96. The second-order valence-electron chi connectivity index (χ2n) is 4.27. The average Bonchev–Trinajstić information content (AvgIpc) is 2.35. The van der Waals surface area contributed by atoms with Gasteiger partial charge < -0.3 is 10.4 Å². The van der Waals surface area contributed by atoms with Crippen LogP contribution >= 0.6 is 0 Å². The first-order chi connectivity index (χ1) is 8.20. The van der Waals surface area contributed by atoms with Gasteiger partial charge in [-0.25, -0.2) is 9.97 Å². The number of aliphatic hydroxyl groups is 1. The van der Waals surface area contributed by atoms with E-state index < -0.39 is 0 Å². The highest BCUT2D eigenvalue weighted by Crippen LogP contribution is 2.13. The number of fused-ring (bicyclic) bond motifs is 1. The molecule has 0 aromatic carbocycles. The monoisotopic (exact) mass is 232 g/mol. The molecule has 0 aliphatic rings. The number of aromatic nitrogens is 3. The van der Waals surface area contributed by atoms with E-state index in [0.717, 1.165) is 5.52 Å². The average molecular weight is 232 g/mol. The third-order valence-corrected chi connectivity index (χ3v) is 2.67. The van der Waals surface area contributed by atoms with Gasteiger partial charge in [0.25, 0.3) is 0 Å². The van der Waals surface area contributed by atoms with E-state index in [1.54, 1.807) is 12.4 Å². The lowest BCUT2D eigenvalue weighted by molar-refractivity contribution is 0.249. The van der Waals surface area contributed by atoms with Gasteiger partial charge in [0.15, 0.2) is 5.65 Å². The number of hydrogen-bond donors (Lipinski definition) is 2. The summed E-state index contributed by atoms with van der Waals surface area (Å²) in [6.45, 7) is 4.18. The van der Waals surface area contributed by atoms with Crippen LogP contribution in [-0.4, -0.2) is 32.7 Å². The van der Waals surface area contributed by atoms with E-state index in [0.29, 0.717) is 17.4 Å². The highest BCUT2D eigenvalue weighted by Gasteiger charge is 2.12. The molecule has 0 spiro atoms. The van der Waals surface area contributed by atoms with Gasteiger partial charge in [0.1, 0.15) is 11.3 Å². The molecule has 1 atom stereocenters. The fraction of sp³-hybridized carbons (Fsp3) is 0.417. The molecule has 0 aliphatic heterocycles. The summed E-state index contributed by atoms with van der Waals surface area (Å²) in [7, 11) is 0. The summed E-state index contributed by atoms with van der Waals surface area (Å²) < 4.78 is 0. The Morgan fingerprint density at radius 2 is 2.00 bits per heavy atom. The molecule has 0 unspecified atom stereocenters. The van der Waals surface area contributed by atoms with Crippen molar-refractivity contribution in [2.75, 3.05) is 11.9 Å². The van der Waals surface area contributed by atoms with Crippen LogP contribution in [0.25, 0.3) is 11.2 Å². The third kappa shape index (κ3) is 2.68. The van der Waals surface area contributed by atoms with Crippen LogP contribution < -0.4 is 5.32 Å². The smallest absolute Gasteiger partial charge is 0.180 e. The Morgan fingerprint density at radius 1 is 1.24 bits per heavy atom. The Labute approximate surface area is 99.9 Å². The number of anilines is 1. The van der Waals surface area contributed by atoms with Crippen LogP contribution in [0.2, 0.25) is 0 Å². The lowest BCUT2D eigenvalue weighted by Crippen LogP contribution is -2.29. The standard InChI is InChI=1S/C12H16N4O/c1-8(2)10(7-17)15-11-4-3-9-12(16-11)14-6-5-13-9/h3-6,8,10,17H,7H2,1-2H3,(H,14,15,16)/t10-/m1/s1. The van der Waals surface area contributed by atoms with E-state index in [-0.39, 0.29) is 12.6 Å². The summed E-state index contributed by atoms with van der Waals surface area (Å²) in [6.07, 6.45) is 3.26. The van der Waals surface area contributed by atoms with Gasteiger partial charge in [-0.15, -0.1) is 0 Å². The van der Waals surface area contributed by atoms with Gasteiger partial charge in [-0.05, 0) is 18.1 Å². The van der Waals surface area contributed by atoms with Crippen molar-refractivity contribution in [3.63, 3.8) is 0 Å². The lowest BCUT2D eigenvalue weighted by Gasteiger charge is -2.20. The van der Waals surface area contributed by atoms with Gasteiger partial charge in [0.05, 0.1) is 12.6 Å². The molecule has 0 saturated heterocycles. The topological polar surface area (TPSA) is 70.9 Å². The van der Waals surface area contributed by atoms with Crippen molar-refractivity contribution < 1.29 is 5.11 Å². The fourth-order valence-electron chi connectivity index (χ4n) is 1.55. The van der Waals surface area contributed by atoms with Crippen molar-refractivity contribution in [1.29, 1.82) is 0 Å². The van der Waals surface area contributed by atoms with Crippen molar-refractivity contribution in [2.24, 2.45) is 5.92 Å². The highest BCUT2D eigenvalue weighted by molar-refractivity contribution is 5.71. The largest absolute Gasteiger partial charge is 0.394 e. The van der Waals surface area contributed by atoms with Gasteiger partial charge in [0.2, 0.25) is 0 Å². The van der Waals surface area contributed by atoms with Gasteiger partial charge in [-0.3, -0.25) is 4.98 Å². The van der Waals surface area contributed by atoms with Crippen molar-refractivity contribution in [2.45, 2.75) is 19.9 Å². The number of hydrogen-bond acceptors (Lipinski definition) is 5. The lowest BCUT2D eigenvalue weighted by atomic mass is 10.1. The predicted molar refractivity (Wildman–Crippen MR) is 66.7 cm³/mol. The molecule has 0 radical (unpaired) electrons. The van der Waals surface area contributed by atoms with Crippen LogP contribution in [0.4, 0.5) is 5.82 Å². The summed E-state index contributed by atoms with van der Waals surface area (Å²) >= 11 is 0. The molecular weight excluding hydrogens is 216 g/mol. The Morgan fingerprint density at radius 3 is 2.71 bits per heavy atom. The molecule has 90 valence electrons. The van der Waals surface area contributed by atoms with Crippen LogP contribution in [0.5, 0.6) is 0 Å². The van der Waals surface area contributed by atoms with Crippen LogP contribution in [0.3, 0.4) is 0 Å². The second-order valence-corrected chi connectivity index (χ2v) is 4.27. The molecule has 2 N–H and O–H groups in total. The van der Waals surface area contributed by atoms with Crippen molar-refractivity contribution in [1.82, 2.24) is 15.0 Å². The Bertz CT molecular complexity index is 501. The summed E-state index contributed by atoms with van der Waals surface area (Å²) in [5.74, 6) is 1.05. The minimum atomic E-state index is -0.00313. The van der Waals surface area contributed by atoms with E-state index in [2.05, 4.69) is 34.1 Å². The van der Waals surface area contributed by atoms with Crippen LogP contribution in [0, 0.1) is 5.92 Å². The van der Waals surface area contributed by atoms with Crippen molar-refractivity contribution >= 4 is 17.0 Å². The van der Waals surface area contributed by atoms with E-state index in [1.165, 1.54) is 0 Å². The molecule has 2 heterocycles. The maximum absolute atomic E-state index is 9.25. The third-order valence-electron chi connectivity index (χ3n) is 2.67. The molecule has 2 aromatic heterocycles. The number of nitrogens with one attached hydrogen (secondary N) is 1. The molecule has 17 heavy (non-hydrogen) atoms. The molecule has 5 heteroatoms. The van der Waals surface area contributed by atoms with Crippen LogP contribution in [0.15, 0.2) is 24.5 Å². The molecule has 0 saturated carbocycles. The quantitative estimate of drug-likeness (QED) is 0.835. The van der Waals surface area contributed by atoms with Crippen LogP contribution in [0.1, 0.15) is 13.8 Å².